The van der Waals surface area contributed by atoms with Crippen molar-refractivity contribution in [2.45, 2.75) is 19.3 Å². The number of fused-ring (bicyclic) bond motifs is 1. The van der Waals surface area contributed by atoms with Gasteiger partial charge in [0.05, 0.1) is 0 Å². The highest BCUT2D eigenvalue weighted by Crippen LogP contribution is 2.39. The van der Waals surface area contributed by atoms with Gasteiger partial charge in [-0.2, -0.15) is 0 Å². The van der Waals surface area contributed by atoms with Gasteiger partial charge in [-0.1, -0.05) is 6.42 Å². The summed E-state index contributed by atoms with van der Waals surface area (Å²) in [5.41, 5.74) is 1.36. The Morgan fingerprint density at radius 3 is 2.36 bits per heavy atom. The van der Waals surface area contributed by atoms with Crippen LogP contribution in [-0.4, -0.2) is 18.1 Å². The smallest absolute Gasteiger partial charge is 0.0397 e. The third-order valence-electron chi connectivity index (χ3n) is 3.75. The van der Waals surface area contributed by atoms with E-state index in [-0.39, 0.29) is 0 Å². The molecule has 2 fully saturated rings. The minimum Gasteiger partial charge on any atom is -0.371 e. The molecule has 1 aromatic rings. The van der Waals surface area contributed by atoms with Gasteiger partial charge in [0, 0.05) is 31.2 Å². The Kier molecular flexibility index (Phi) is 1.93. The highest BCUT2D eigenvalue weighted by atomic mass is 15.2. The Labute approximate surface area is 85.0 Å². The van der Waals surface area contributed by atoms with Crippen molar-refractivity contribution in [3.05, 3.63) is 24.5 Å². The highest BCUT2D eigenvalue weighted by Gasteiger charge is 2.35. The summed E-state index contributed by atoms with van der Waals surface area (Å²) in [6, 6.07) is 4.25. The Balaban J connectivity index is 1.77. The predicted molar refractivity (Wildman–Crippen MR) is 57.3 cm³/mol. The van der Waals surface area contributed by atoms with Crippen molar-refractivity contribution >= 4 is 5.69 Å². The molecule has 0 amide bonds. The molecular weight excluding hydrogens is 172 g/mol. The maximum absolute atomic E-state index is 4.06. The van der Waals surface area contributed by atoms with Crippen molar-refractivity contribution in [2.24, 2.45) is 11.8 Å². The summed E-state index contributed by atoms with van der Waals surface area (Å²) >= 11 is 0. The lowest BCUT2D eigenvalue weighted by atomic mass is 10.0. The molecule has 74 valence electrons. The third kappa shape index (κ3) is 1.29. The maximum atomic E-state index is 4.06. The van der Waals surface area contributed by atoms with Crippen LogP contribution in [0.5, 0.6) is 0 Å². The molecule has 2 heteroatoms. The fourth-order valence-electron chi connectivity index (χ4n) is 3.00. The topological polar surface area (TPSA) is 16.1 Å². The fourth-order valence-corrected chi connectivity index (χ4v) is 3.00. The molecule has 0 aromatic carbocycles. The van der Waals surface area contributed by atoms with Crippen LogP contribution in [0.2, 0.25) is 0 Å². The molecule has 1 saturated carbocycles. The zero-order valence-corrected chi connectivity index (χ0v) is 8.39. The molecule has 1 saturated heterocycles. The molecule has 14 heavy (non-hydrogen) atoms. The summed E-state index contributed by atoms with van der Waals surface area (Å²) in [4.78, 5) is 6.59. The van der Waals surface area contributed by atoms with E-state index >= 15 is 0 Å². The molecule has 2 atom stereocenters. The zero-order chi connectivity index (χ0) is 9.38. The molecule has 3 rings (SSSR count). The quantitative estimate of drug-likeness (QED) is 0.672. The van der Waals surface area contributed by atoms with E-state index in [1.807, 2.05) is 12.4 Å². The van der Waals surface area contributed by atoms with Crippen LogP contribution in [-0.2, 0) is 0 Å². The molecule has 2 unspecified atom stereocenters. The van der Waals surface area contributed by atoms with E-state index in [2.05, 4.69) is 22.0 Å². The summed E-state index contributed by atoms with van der Waals surface area (Å²) < 4.78 is 0. The van der Waals surface area contributed by atoms with Gasteiger partial charge in [-0.25, -0.2) is 0 Å². The maximum Gasteiger partial charge on any atom is 0.0397 e. The number of aromatic nitrogens is 1. The second-order valence-corrected chi connectivity index (χ2v) is 4.56. The lowest BCUT2D eigenvalue weighted by Gasteiger charge is -2.18. The average Bonchev–Trinajstić information content (AvgIpc) is 2.78. The molecule has 1 aromatic heterocycles. The Morgan fingerprint density at radius 2 is 1.71 bits per heavy atom. The monoisotopic (exact) mass is 188 g/mol. The lowest BCUT2D eigenvalue weighted by Crippen LogP contribution is -2.20. The molecule has 2 nitrogen and oxygen atoms in total. The van der Waals surface area contributed by atoms with E-state index in [1.165, 1.54) is 38.0 Å². The van der Waals surface area contributed by atoms with Crippen LogP contribution < -0.4 is 4.90 Å². The lowest BCUT2D eigenvalue weighted by molar-refractivity contribution is 0.494. The standard InChI is InChI=1S/C12H16N2/c1-2-10-8-14(9-11(10)3-1)12-4-6-13-7-5-12/h4-7,10-11H,1-3,8-9H2. The number of nitrogens with zero attached hydrogens (tertiary/aromatic N) is 2. The normalized spacial score (nSPS) is 30.7. The molecule has 1 aliphatic heterocycles. The Bertz CT molecular complexity index is 297. The van der Waals surface area contributed by atoms with Gasteiger partial charge in [-0.3, -0.25) is 4.98 Å². The number of pyridine rings is 1. The minimum absolute atomic E-state index is 0.975. The first-order valence-corrected chi connectivity index (χ1v) is 5.58. The SMILES string of the molecule is c1cc(N2CC3CCCC3C2)ccn1. The number of hydrogen-bond acceptors (Lipinski definition) is 2. The van der Waals surface area contributed by atoms with Crippen molar-refractivity contribution in [3.63, 3.8) is 0 Å². The van der Waals surface area contributed by atoms with Gasteiger partial charge in [0.2, 0.25) is 0 Å². The van der Waals surface area contributed by atoms with E-state index < -0.39 is 0 Å². The fraction of sp³-hybridized carbons (Fsp3) is 0.583. The van der Waals surface area contributed by atoms with Crippen molar-refractivity contribution in [1.29, 1.82) is 0 Å². The van der Waals surface area contributed by atoms with Gasteiger partial charge in [0.15, 0.2) is 0 Å². The van der Waals surface area contributed by atoms with E-state index in [9.17, 15) is 0 Å². The molecule has 2 heterocycles. The summed E-state index contributed by atoms with van der Waals surface area (Å²) in [6.45, 7) is 2.54. The van der Waals surface area contributed by atoms with Crippen LogP contribution in [0.1, 0.15) is 19.3 Å². The Morgan fingerprint density at radius 1 is 1.07 bits per heavy atom. The summed E-state index contributed by atoms with van der Waals surface area (Å²) in [6.07, 6.45) is 8.14. The molecule has 2 aliphatic rings. The second-order valence-electron chi connectivity index (χ2n) is 4.56. The van der Waals surface area contributed by atoms with Gasteiger partial charge in [-0.05, 0) is 36.8 Å². The van der Waals surface area contributed by atoms with E-state index in [4.69, 9.17) is 0 Å². The van der Waals surface area contributed by atoms with Crippen molar-refractivity contribution in [2.75, 3.05) is 18.0 Å². The van der Waals surface area contributed by atoms with Gasteiger partial charge in [-0.15, -0.1) is 0 Å². The number of anilines is 1. The van der Waals surface area contributed by atoms with E-state index in [0.717, 1.165) is 11.8 Å². The Hall–Kier alpha value is -1.05. The van der Waals surface area contributed by atoms with Crippen molar-refractivity contribution < 1.29 is 0 Å². The number of hydrogen-bond donors (Lipinski definition) is 0. The molecule has 0 bridgehead atoms. The van der Waals surface area contributed by atoms with E-state index in [1.54, 1.807) is 0 Å². The molecular formula is C12H16N2. The first-order chi connectivity index (χ1) is 6.93. The van der Waals surface area contributed by atoms with E-state index in [0.29, 0.717) is 0 Å². The summed E-state index contributed by atoms with van der Waals surface area (Å²) in [7, 11) is 0. The van der Waals surface area contributed by atoms with Gasteiger partial charge < -0.3 is 4.90 Å². The van der Waals surface area contributed by atoms with Gasteiger partial charge >= 0.3 is 0 Å². The van der Waals surface area contributed by atoms with Gasteiger partial charge in [0.25, 0.3) is 0 Å². The van der Waals surface area contributed by atoms with Crippen LogP contribution in [0.15, 0.2) is 24.5 Å². The zero-order valence-electron chi connectivity index (χ0n) is 8.39. The van der Waals surface area contributed by atoms with Gasteiger partial charge in [0.1, 0.15) is 0 Å². The van der Waals surface area contributed by atoms with Crippen LogP contribution in [0, 0.1) is 11.8 Å². The molecule has 0 radical (unpaired) electrons. The summed E-state index contributed by atoms with van der Waals surface area (Å²) in [5.74, 6) is 1.95. The predicted octanol–water partition coefficient (Wildman–Crippen LogP) is 2.32. The van der Waals surface area contributed by atoms with Crippen LogP contribution >= 0.6 is 0 Å². The van der Waals surface area contributed by atoms with Crippen molar-refractivity contribution in [1.82, 2.24) is 4.98 Å². The minimum atomic E-state index is 0.975. The van der Waals surface area contributed by atoms with Crippen LogP contribution in [0.4, 0.5) is 5.69 Å². The number of rotatable bonds is 1. The highest BCUT2D eigenvalue weighted by molar-refractivity contribution is 5.46. The molecule has 1 aliphatic carbocycles. The first-order valence-electron chi connectivity index (χ1n) is 5.58. The third-order valence-corrected chi connectivity index (χ3v) is 3.75. The van der Waals surface area contributed by atoms with Crippen LogP contribution in [0.3, 0.4) is 0 Å². The molecule has 0 N–H and O–H groups in total. The summed E-state index contributed by atoms with van der Waals surface area (Å²) in [5, 5.41) is 0. The average molecular weight is 188 g/mol. The van der Waals surface area contributed by atoms with Crippen LogP contribution in [0.25, 0.3) is 0 Å². The largest absolute Gasteiger partial charge is 0.371 e. The first kappa shape index (κ1) is 8.27. The van der Waals surface area contributed by atoms with Crippen molar-refractivity contribution in [3.8, 4) is 0 Å². The second kappa shape index (κ2) is 3.26. The molecule has 0 spiro atoms.